The normalized spacial score (nSPS) is 12.9. The number of benzene rings is 1. The Hall–Kier alpha value is -1.84. The molecular weight excluding hydrogens is 266 g/mol. The molecule has 1 N–H and O–H groups in total. The summed E-state index contributed by atoms with van der Waals surface area (Å²) in [5, 5.41) is 2.65. The number of esters is 1. The highest BCUT2D eigenvalue weighted by molar-refractivity contribution is 5.96. The highest BCUT2D eigenvalue weighted by Crippen LogP contribution is 2.15. The Morgan fingerprint density at radius 1 is 1.05 bits per heavy atom. The fourth-order valence-corrected chi connectivity index (χ4v) is 1.75. The van der Waals surface area contributed by atoms with E-state index in [-0.39, 0.29) is 5.91 Å². The second kappa shape index (κ2) is 6.74. The molecule has 4 nitrogen and oxygen atoms in total. The maximum absolute atomic E-state index is 12.1. The third kappa shape index (κ3) is 5.58. The minimum atomic E-state index is -0.679. The van der Waals surface area contributed by atoms with Gasteiger partial charge in [0, 0.05) is 5.56 Å². The van der Waals surface area contributed by atoms with Crippen LogP contribution in [-0.4, -0.2) is 23.5 Å². The average Bonchev–Trinajstić information content (AvgIpc) is 2.36. The van der Waals surface area contributed by atoms with E-state index in [4.69, 9.17) is 4.74 Å². The van der Waals surface area contributed by atoms with Crippen LogP contribution in [0.5, 0.6) is 0 Å². The van der Waals surface area contributed by atoms with Gasteiger partial charge in [0.25, 0.3) is 5.91 Å². The van der Waals surface area contributed by atoms with Crippen molar-refractivity contribution >= 4 is 11.9 Å². The first kappa shape index (κ1) is 17.2. The molecule has 0 aliphatic rings. The molecule has 0 bridgehead atoms. The van der Waals surface area contributed by atoms with Crippen LogP contribution in [0.25, 0.3) is 0 Å². The highest BCUT2D eigenvalue weighted by atomic mass is 16.6. The lowest BCUT2D eigenvalue weighted by atomic mass is 10.0. The molecule has 0 radical (unpaired) electrons. The van der Waals surface area contributed by atoms with E-state index in [2.05, 4.69) is 19.2 Å². The molecular formula is C17H25NO3. The monoisotopic (exact) mass is 291 g/mol. The Bertz CT molecular complexity index is 498. The van der Waals surface area contributed by atoms with Gasteiger partial charge in [0.2, 0.25) is 0 Å². The van der Waals surface area contributed by atoms with Gasteiger partial charge in [0.05, 0.1) is 0 Å². The predicted octanol–water partition coefficient (Wildman–Crippen LogP) is 3.27. The fraction of sp³-hybridized carbons (Fsp3) is 0.529. The molecule has 1 atom stereocenters. The maximum Gasteiger partial charge on any atom is 0.328 e. The summed E-state index contributed by atoms with van der Waals surface area (Å²) in [6.45, 7) is 11.2. The van der Waals surface area contributed by atoms with E-state index >= 15 is 0 Å². The van der Waals surface area contributed by atoms with Crippen molar-refractivity contribution in [3.8, 4) is 0 Å². The van der Waals surface area contributed by atoms with E-state index in [1.807, 2.05) is 12.1 Å². The fourth-order valence-electron chi connectivity index (χ4n) is 1.75. The third-order valence-corrected chi connectivity index (χ3v) is 2.95. The van der Waals surface area contributed by atoms with Crippen molar-refractivity contribution in [2.24, 2.45) is 0 Å². The average molecular weight is 291 g/mol. The Balaban J connectivity index is 2.66. The number of nitrogens with one attached hydrogen (secondary N) is 1. The minimum Gasteiger partial charge on any atom is -0.458 e. The van der Waals surface area contributed by atoms with Gasteiger partial charge >= 0.3 is 5.97 Å². The van der Waals surface area contributed by atoms with Crippen LogP contribution in [-0.2, 0) is 9.53 Å². The second-order valence-corrected chi connectivity index (χ2v) is 6.51. The van der Waals surface area contributed by atoms with Crippen LogP contribution in [0.2, 0.25) is 0 Å². The Labute approximate surface area is 126 Å². The Kier molecular flexibility index (Phi) is 5.53. The summed E-state index contributed by atoms with van der Waals surface area (Å²) >= 11 is 0. The molecule has 0 heterocycles. The lowest BCUT2D eigenvalue weighted by molar-refractivity contribution is -0.156. The molecule has 4 heteroatoms. The van der Waals surface area contributed by atoms with E-state index in [1.54, 1.807) is 39.8 Å². The summed E-state index contributed by atoms with van der Waals surface area (Å²) in [5.41, 5.74) is 1.15. The topological polar surface area (TPSA) is 55.4 Å². The standard InChI is InChI=1S/C17H25NO3/c1-11(2)13-7-9-14(10-8-13)15(19)18-12(3)16(20)21-17(4,5)6/h7-12H,1-6H3,(H,18,19)/t12-/m1/s1. The summed E-state index contributed by atoms with van der Waals surface area (Å²) in [6, 6.07) is 6.72. The van der Waals surface area contributed by atoms with Gasteiger partial charge in [-0.2, -0.15) is 0 Å². The largest absolute Gasteiger partial charge is 0.458 e. The molecule has 1 aromatic carbocycles. The smallest absolute Gasteiger partial charge is 0.328 e. The summed E-state index contributed by atoms with van der Waals surface area (Å²) < 4.78 is 5.23. The summed E-state index contributed by atoms with van der Waals surface area (Å²) in [5.74, 6) is -0.291. The van der Waals surface area contributed by atoms with Crippen molar-refractivity contribution in [3.63, 3.8) is 0 Å². The van der Waals surface area contributed by atoms with E-state index in [0.29, 0.717) is 11.5 Å². The molecule has 0 saturated heterocycles. The predicted molar refractivity (Wildman–Crippen MR) is 83.3 cm³/mol. The minimum absolute atomic E-state index is 0.274. The Morgan fingerprint density at radius 2 is 1.57 bits per heavy atom. The SMILES string of the molecule is CC(C)c1ccc(C(=O)N[C@H](C)C(=O)OC(C)(C)C)cc1. The van der Waals surface area contributed by atoms with Gasteiger partial charge in [0.1, 0.15) is 11.6 Å². The molecule has 116 valence electrons. The highest BCUT2D eigenvalue weighted by Gasteiger charge is 2.23. The number of amides is 1. The van der Waals surface area contributed by atoms with E-state index in [9.17, 15) is 9.59 Å². The Morgan fingerprint density at radius 3 is 2.00 bits per heavy atom. The number of carbonyl (C=O) groups is 2. The van der Waals surface area contributed by atoms with Gasteiger partial charge in [-0.3, -0.25) is 4.79 Å². The van der Waals surface area contributed by atoms with E-state index in [1.165, 1.54) is 5.56 Å². The van der Waals surface area contributed by atoms with Gasteiger partial charge in [-0.15, -0.1) is 0 Å². The molecule has 1 amide bonds. The van der Waals surface area contributed by atoms with Crippen LogP contribution in [0.1, 0.15) is 63.4 Å². The number of carbonyl (C=O) groups excluding carboxylic acids is 2. The molecule has 0 fully saturated rings. The van der Waals surface area contributed by atoms with Crippen LogP contribution < -0.4 is 5.32 Å². The maximum atomic E-state index is 12.1. The zero-order valence-electron chi connectivity index (χ0n) is 13.7. The quantitative estimate of drug-likeness (QED) is 0.866. The molecule has 0 aromatic heterocycles. The van der Waals surface area contributed by atoms with Gasteiger partial charge < -0.3 is 10.1 Å². The number of ether oxygens (including phenoxy) is 1. The lowest BCUT2D eigenvalue weighted by Crippen LogP contribution is -2.42. The van der Waals surface area contributed by atoms with E-state index < -0.39 is 17.6 Å². The molecule has 0 unspecified atom stereocenters. The molecule has 0 aliphatic heterocycles. The van der Waals surface area contributed by atoms with Crippen molar-refractivity contribution in [2.45, 2.75) is 59.1 Å². The van der Waals surface area contributed by atoms with Gasteiger partial charge in [-0.1, -0.05) is 26.0 Å². The van der Waals surface area contributed by atoms with Crippen LogP contribution >= 0.6 is 0 Å². The van der Waals surface area contributed by atoms with Crippen molar-refractivity contribution in [2.75, 3.05) is 0 Å². The van der Waals surface area contributed by atoms with Crippen molar-refractivity contribution in [1.29, 1.82) is 0 Å². The van der Waals surface area contributed by atoms with Crippen molar-refractivity contribution in [3.05, 3.63) is 35.4 Å². The number of hydrogen-bond acceptors (Lipinski definition) is 3. The lowest BCUT2D eigenvalue weighted by Gasteiger charge is -2.22. The first-order valence-electron chi connectivity index (χ1n) is 7.24. The second-order valence-electron chi connectivity index (χ2n) is 6.51. The van der Waals surface area contributed by atoms with Crippen LogP contribution in [0.4, 0.5) is 0 Å². The number of rotatable bonds is 4. The molecule has 1 rings (SSSR count). The first-order chi connectivity index (χ1) is 9.60. The van der Waals surface area contributed by atoms with Crippen molar-refractivity contribution in [1.82, 2.24) is 5.32 Å². The third-order valence-electron chi connectivity index (χ3n) is 2.95. The summed E-state index contributed by atoms with van der Waals surface area (Å²) in [4.78, 5) is 23.9. The van der Waals surface area contributed by atoms with Gasteiger partial charge in [-0.05, 0) is 51.3 Å². The zero-order valence-corrected chi connectivity index (χ0v) is 13.7. The van der Waals surface area contributed by atoms with Crippen LogP contribution in [0.3, 0.4) is 0 Å². The van der Waals surface area contributed by atoms with Crippen LogP contribution in [0.15, 0.2) is 24.3 Å². The van der Waals surface area contributed by atoms with Crippen LogP contribution in [0, 0.1) is 0 Å². The molecule has 1 aromatic rings. The van der Waals surface area contributed by atoms with Gasteiger partial charge in [-0.25, -0.2) is 4.79 Å². The first-order valence-corrected chi connectivity index (χ1v) is 7.24. The van der Waals surface area contributed by atoms with E-state index in [0.717, 1.165) is 0 Å². The van der Waals surface area contributed by atoms with Crippen molar-refractivity contribution < 1.29 is 14.3 Å². The van der Waals surface area contributed by atoms with Gasteiger partial charge in [0.15, 0.2) is 0 Å². The number of hydrogen-bond donors (Lipinski definition) is 1. The molecule has 0 saturated carbocycles. The molecule has 0 spiro atoms. The summed E-state index contributed by atoms with van der Waals surface area (Å²) in [6.07, 6.45) is 0. The zero-order chi connectivity index (χ0) is 16.2. The summed E-state index contributed by atoms with van der Waals surface area (Å²) in [7, 11) is 0. The molecule has 21 heavy (non-hydrogen) atoms. The molecule has 0 aliphatic carbocycles.